The lowest BCUT2D eigenvalue weighted by atomic mass is 10.2. The van der Waals surface area contributed by atoms with Crippen molar-refractivity contribution in [3.63, 3.8) is 0 Å². The molecular weight excluding hydrogens is 283 g/mol. The highest BCUT2D eigenvalue weighted by atomic mass is 19.4. The summed E-state index contributed by atoms with van der Waals surface area (Å²) in [5.74, 6) is -0.245. The Balaban J connectivity index is 0.000000312. The predicted octanol–water partition coefficient (Wildman–Crippen LogP) is 3.64. The van der Waals surface area contributed by atoms with Crippen LogP contribution in [0, 0.1) is 0 Å². The molecule has 0 spiro atoms. The zero-order valence-corrected chi connectivity index (χ0v) is 12.4. The Hall–Kier alpha value is -1.56. The second-order valence-electron chi connectivity index (χ2n) is 4.37. The summed E-state index contributed by atoms with van der Waals surface area (Å²) < 4.78 is 39.5. The van der Waals surface area contributed by atoms with Crippen molar-refractivity contribution >= 4 is 5.97 Å². The average Bonchev–Trinajstić information content (AvgIpc) is 2.50. The van der Waals surface area contributed by atoms with Crippen molar-refractivity contribution in [2.45, 2.75) is 32.4 Å². The summed E-state index contributed by atoms with van der Waals surface area (Å²) >= 11 is 0. The zero-order chi connectivity index (χ0) is 16.1. The Morgan fingerprint density at radius 1 is 1.10 bits per heavy atom. The number of alkyl halides is 3. The minimum atomic E-state index is -4.21. The normalized spacial score (nSPS) is 14.0. The standard InChI is InChI=1S/C7H5F3.C5H11N.C3H6O2/c8-7(9,10)6-4-2-1-3-5-6;1-2-4-6-5-3-1;1-3(4)5-2/h1-5H;6H,1-5H2;1-2H3. The van der Waals surface area contributed by atoms with Crippen molar-refractivity contribution in [1.29, 1.82) is 0 Å². The second kappa shape index (κ2) is 11.1. The van der Waals surface area contributed by atoms with E-state index >= 15 is 0 Å². The molecule has 0 bridgehead atoms. The van der Waals surface area contributed by atoms with Crippen LogP contribution in [0.15, 0.2) is 30.3 Å². The number of carbonyl (C=O) groups is 1. The zero-order valence-electron chi connectivity index (χ0n) is 12.4. The molecule has 0 atom stereocenters. The van der Waals surface area contributed by atoms with Crippen LogP contribution in [0.1, 0.15) is 31.7 Å². The molecule has 0 aliphatic carbocycles. The van der Waals surface area contributed by atoms with Crippen molar-refractivity contribution in [3.05, 3.63) is 35.9 Å². The van der Waals surface area contributed by atoms with Gasteiger partial charge in [-0.3, -0.25) is 4.79 Å². The van der Waals surface area contributed by atoms with Crippen LogP contribution in [0.4, 0.5) is 13.2 Å². The number of esters is 1. The van der Waals surface area contributed by atoms with Crippen molar-refractivity contribution in [2.75, 3.05) is 20.2 Å². The number of methoxy groups -OCH3 is 1. The van der Waals surface area contributed by atoms with Gasteiger partial charge in [-0.1, -0.05) is 36.8 Å². The Morgan fingerprint density at radius 3 is 1.76 bits per heavy atom. The number of halogens is 3. The summed E-state index contributed by atoms with van der Waals surface area (Å²) in [5.41, 5.74) is -0.602. The van der Waals surface area contributed by atoms with Gasteiger partial charge in [-0.2, -0.15) is 13.2 Å². The fraction of sp³-hybridized carbons (Fsp3) is 0.533. The molecule has 1 fully saturated rings. The van der Waals surface area contributed by atoms with E-state index in [1.165, 1.54) is 58.5 Å². The first-order valence-electron chi connectivity index (χ1n) is 6.75. The van der Waals surface area contributed by atoms with Gasteiger partial charge in [0.25, 0.3) is 0 Å². The largest absolute Gasteiger partial charge is 0.469 e. The maximum atomic E-state index is 11.8. The van der Waals surface area contributed by atoms with Crippen molar-refractivity contribution in [1.82, 2.24) is 5.32 Å². The molecule has 120 valence electrons. The molecule has 2 rings (SSSR count). The molecule has 6 heteroatoms. The minimum absolute atomic E-state index is 0.245. The van der Waals surface area contributed by atoms with E-state index in [1.807, 2.05) is 0 Å². The van der Waals surface area contributed by atoms with E-state index < -0.39 is 11.7 Å². The third-order valence-electron chi connectivity index (χ3n) is 2.60. The minimum Gasteiger partial charge on any atom is -0.469 e. The van der Waals surface area contributed by atoms with Gasteiger partial charge in [0, 0.05) is 6.92 Å². The third-order valence-corrected chi connectivity index (χ3v) is 2.60. The van der Waals surface area contributed by atoms with Crippen LogP contribution in [-0.4, -0.2) is 26.2 Å². The topological polar surface area (TPSA) is 38.3 Å². The molecule has 0 saturated carbocycles. The van der Waals surface area contributed by atoms with Crippen molar-refractivity contribution in [2.24, 2.45) is 0 Å². The fourth-order valence-corrected chi connectivity index (χ4v) is 1.43. The molecule has 0 unspecified atom stereocenters. The van der Waals surface area contributed by atoms with Crippen LogP contribution in [0.25, 0.3) is 0 Å². The quantitative estimate of drug-likeness (QED) is 0.744. The molecule has 1 N–H and O–H groups in total. The van der Waals surface area contributed by atoms with Gasteiger partial charge in [-0.05, 0) is 25.9 Å². The summed E-state index contributed by atoms with van der Waals surface area (Å²) in [6, 6.07) is 6.36. The first-order chi connectivity index (χ1) is 9.88. The maximum absolute atomic E-state index is 11.8. The molecule has 1 heterocycles. The Morgan fingerprint density at radius 2 is 1.57 bits per heavy atom. The summed E-state index contributed by atoms with van der Waals surface area (Å²) in [6.45, 7) is 3.86. The van der Waals surface area contributed by atoms with E-state index in [-0.39, 0.29) is 5.97 Å². The van der Waals surface area contributed by atoms with Crippen molar-refractivity contribution in [3.8, 4) is 0 Å². The van der Waals surface area contributed by atoms with Crippen molar-refractivity contribution < 1.29 is 22.7 Å². The monoisotopic (exact) mass is 305 g/mol. The number of carbonyl (C=O) groups excluding carboxylic acids is 1. The van der Waals surface area contributed by atoms with Gasteiger partial charge in [0.1, 0.15) is 0 Å². The maximum Gasteiger partial charge on any atom is 0.416 e. The number of piperidine rings is 1. The number of benzene rings is 1. The van der Waals surface area contributed by atoms with Gasteiger partial charge in [-0.15, -0.1) is 0 Å². The average molecular weight is 305 g/mol. The van der Waals surface area contributed by atoms with Crippen LogP contribution in [0.2, 0.25) is 0 Å². The molecule has 1 aliphatic rings. The highest BCUT2D eigenvalue weighted by Gasteiger charge is 2.29. The highest BCUT2D eigenvalue weighted by molar-refractivity contribution is 5.65. The van der Waals surface area contributed by atoms with E-state index in [4.69, 9.17) is 0 Å². The number of ether oxygens (including phenoxy) is 1. The summed E-state index contributed by atoms with van der Waals surface area (Å²) in [4.78, 5) is 9.59. The van der Waals surface area contributed by atoms with Crippen LogP contribution >= 0.6 is 0 Å². The molecular formula is C15H22F3NO2. The summed E-state index contributed by atoms with van der Waals surface area (Å²) in [6.07, 6.45) is 0.00819. The van der Waals surface area contributed by atoms with Gasteiger partial charge < -0.3 is 10.1 Å². The lowest BCUT2D eigenvalue weighted by Crippen LogP contribution is -2.21. The molecule has 3 nitrogen and oxygen atoms in total. The summed E-state index contributed by atoms with van der Waals surface area (Å²) in [7, 11) is 1.35. The summed E-state index contributed by atoms with van der Waals surface area (Å²) in [5, 5.41) is 3.28. The van der Waals surface area contributed by atoms with Gasteiger partial charge in [0.2, 0.25) is 0 Å². The van der Waals surface area contributed by atoms with Gasteiger partial charge in [-0.25, -0.2) is 0 Å². The first-order valence-corrected chi connectivity index (χ1v) is 6.75. The highest BCUT2D eigenvalue weighted by Crippen LogP contribution is 2.28. The molecule has 1 aromatic rings. The smallest absolute Gasteiger partial charge is 0.416 e. The van der Waals surface area contributed by atoms with E-state index in [0.29, 0.717) is 0 Å². The number of rotatable bonds is 0. The second-order valence-corrected chi connectivity index (χ2v) is 4.37. The van der Waals surface area contributed by atoms with Crippen LogP contribution in [-0.2, 0) is 15.7 Å². The Bertz CT molecular complexity index is 365. The van der Waals surface area contributed by atoms with Crippen LogP contribution < -0.4 is 5.32 Å². The predicted molar refractivity (Wildman–Crippen MR) is 75.9 cm³/mol. The molecule has 0 amide bonds. The van der Waals surface area contributed by atoms with E-state index in [0.717, 1.165) is 12.1 Å². The SMILES string of the molecule is C1CCNCC1.COC(C)=O.FC(F)(F)c1ccccc1. The Kier molecular flexibility index (Phi) is 10.3. The third kappa shape index (κ3) is 11.9. The lowest BCUT2D eigenvalue weighted by Gasteiger charge is -2.08. The van der Waals surface area contributed by atoms with Gasteiger partial charge in [0.05, 0.1) is 12.7 Å². The molecule has 1 saturated heterocycles. The Labute approximate surface area is 123 Å². The molecule has 21 heavy (non-hydrogen) atoms. The molecule has 0 aromatic heterocycles. The number of hydrogen-bond acceptors (Lipinski definition) is 3. The number of nitrogens with one attached hydrogen (secondary N) is 1. The first kappa shape index (κ1) is 19.4. The van der Waals surface area contributed by atoms with Gasteiger partial charge in [0.15, 0.2) is 0 Å². The number of hydrogen-bond donors (Lipinski definition) is 1. The van der Waals surface area contributed by atoms with E-state index in [1.54, 1.807) is 6.07 Å². The van der Waals surface area contributed by atoms with E-state index in [9.17, 15) is 18.0 Å². The molecule has 0 radical (unpaired) electrons. The molecule has 1 aromatic carbocycles. The van der Waals surface area contributed by atoms with E-state index in [2.05, 4.69) is 10.1 Å². The van der Waals surface area contributed by atoms with Crippen LogP contribution in [0.5, 0.6) is 0 Å². The lowest BCUT2D eigenvalue weighted by molar-refractivity contribution is -0.138. The fourth-order valence-electron chi connectivity index (χ4n) is 1.43. The van der Waals surface area contributed by atoms with Crippen LogP contribution in [0.3, 0.4) is 0 Å². The van der Waals surface area contributed by atoms with Gasteiger partial charge >= 0.3 is 12.1 Å². The molecule has 1 aliphatic heterocycles.